The summed E-state index contributed by atoms with van der Waals surface area (Å²) < 4.78 is 36.8. The number of sulfonamides is 1. The van der Waals surface area contributed by atoms with Gasteiger partial charge in [-0.3, -0.25) is 9.10 Å². The fourth-order valence-electron chi connectivity index (χ4n) is 3.47. The van der Waals surface area contributed by atoms with Crippen molar-refractivity contribution >= 4 is 21.6 Å². The molecule has 0 fully saturated rings. The van der Waals surface area contributed by atoms with Gasteiger partial charge >= 0.3 is 0 Å². The van der Waals surface area contributed by atoms with E-state index in [9.17, 15) is 13.2 Å². The van der Waals surface area contributed by atoms with Crippen molar-refractivity contribution < 1.29 is 22.7 Å². The Morgan fingerprint density at radius 2 is 1.65 bits per heavy atom. The number of hydrogen-bond donors (Lipinski definition) is 1. The van der Waals surface area contributed by atoms with Gasteiger partial charge in [0.15, 0.2) is 11.5 Å². The third-order valence-electron chi connectivity index (χ3n) is 5.22. The number of carbonyl (C=O) groups excluding carboxylic acids is 1. The van der Waals surface area contributed by atoms with E-state index in [0.29, 0.717) is 23.6 Å². The van der Waals surface area contributed by atoms with Crippen LogP contribution >= 0.6 is 0 Å². The minimum Gasteiger partial charge on any atom is -0.493 e. The number of benzene rings is 2. The lowest BCUT2D eigenvalue weighted by molar-refractivity contribution is -0.122. The van der Waals surface area contributed by atoms with Crippen LogP contribution < -0.4 is 19.1 Å². The molecule has 0 saturated heterocycles. The molecule has 0 aliphatic carbocycles. The van der Waals surface area contributed by atoms with Crippen LogP contribution in [0.5, 0.6) is 11.5 Å². The third-order valence-corrected chi connectivity index (χ3v) is 6.46. The van der Waals surface area contributed by atoms with Crippen LogP contribution in [-0.2, 0) is 21.2 Å². The van der Waals surface area contributed by atoms with Gasteiger partial charge in [-0.2, -0.15) is 0 Å². The summed E-state index contributed by atoms with van der Waals surface area (Å²) in [5, 5.41) is 2.98. The van der Waals surface area contributed by atoms with E-state index in [1.807, 2.05) is 38.1 Å². The molecule has 0 spiro atoms. The van der Waals surface area contributed by atoms with Crippen molar-refractivity contribution in [2.45, 2.75) is 45.7 Å². The number of hydrogen-bond acceptors (Lipinski definition) is 5. The minimum atomic E-state index is -3.67. The summed E-state index contributed by atoms with van der Waals surface area (Å²) in [6.45, 7) is 5.56. The third kappa shape index (κ3) is 5.91. The molecule has 170 valence electrons. The van der Waals surface area contributed by atoms with E-state index in [-0.39, 0.29) is 11.9 Å². The van der Waals surface area contributed by atoms with Crippen molar-refractivity contribution in [3.05, 3.63) is 53.6 Å². The quantitative estimate of drug-likeness (QED) is 0.599. The number of nitrogens with one attached hydrogen (secondary N) is 1. The van der Waals surface area contributed by atoms with Crippen LogP contribution in [0, 0.1) is 0 Å². The Bertz CT molecular complexity index is 990. The molecule has 0 aliphatic rings. The first kappa shape index (κ1) is 24.5. The molecule has 7 nitrogen and oxygen atoms in total. The van der Waals surface area contributed by atoms with Crippen molar-refractivity contribution in [3.8, 4) is 11.5 Å². The summed E-state index contributed by atoms with van der Waals surface area (Å²) in [5.41, 5.74) is 2.40. The number of amides is 1. The van der Waals surface area contributed by atoms with Gasteiger partial charge in [0.2, 0.25) is 15.9 Å². The van der Waals surface area contributed by atoms with Gasteiger partial charge in [0.05, 0.1) is 32.2 Å². The van der Waals surface area contributed by atoms with Gasteiger partial charge in [-0.05, 0) is 55.2 Å². The average molecular weight is 449 g/mol. The monoisotopic (exact) mass is 448 g/mol. The molecule has 0 aromatic heterocycles. The van der Waals surface area contributed by atoms with E-state index in [1.165, 1.54) is 0 Å². The Hall–Kier alpha value is -2.74. The Kier molecular flexibility index (Phi) is 8.33. The van der Waals surface area contributed by atoms with Crippen LogP contribution in [0.15, 0.2) is 42.5 Å². The lowest BCUT2D eigenvalue weighted by Crippen LogP contribution is -2.48. The molecule has 1 amide bonds. The van der Waals surface area contributed by atoms with Crippen LogP contribution in [0.1, 0.15) is 44.4 Å². The highest BCUT2D eigenvalue weighted by Crippen LogP contribution is 2.31. The maximum Gasteiger partial charge on any atom is 0.244 e. The SMILES string of the molecule is CCc1ccc(N(C(C)C(=O)NC(CC)c2ccc(OC)c(OC)c2)S(C)(=O)=O)cc1. The first-order chi connectivity index (χ1) is 14.7. The molecular formula is C23H32N2O5S. The summed E-state index contributed by atoms with van der Waals surface area (Å²) in [5.74, 6) is 0.778. The Labute approximate surface area is 185 Å². The number of anilines is 1. The molecule has 2 unspecified atom stereocenters. The lowest BCUT2D eigenvalue weighted by Gasteiger charge is -2.30. The van der Waals surface area contributed by atoms with Crippen molar-refractivity contribution in [1.82, 2.24) is 5.32 Å². The van der Waals surface area contributed by atoms with E-state index in [0.717, 1.165) is 28.1 Å². The zero-order valence-electron chi connectivity index (χ0n) is 19.0. The van der Waals surface area contributed by atoms with Crippen LogP contribution in [0.25, 0.3) is 0 Å². The van der Waals surface area contributed by atoms with E-state index in [4.69, 9.17) is 9.47 Å². The molecule has 0 heterocycles. The van der Waals surface area contributed by atoms with E-state index >= 15 is 0 Å². The zero-order valence-corrected chi connectivity index (χ0v) is 19.8. The number of rotatable bonds is 10. The highest BCUT2D eigenvalue weighted by molar-refractivity contribution is 7.92. The second-order valence-corrected chi connectivity index (χ2v) is 9.20. The molecule has 2 atom stereocenters. The van der Waals surface area contributed by atoms with Crippen LogP contribution in [0.2, 0.25) is 0 Å². The lowest BCUT2D eigenvalue weighted by atomic mass is 10.0. The highest BCUT2D eigenvalue weighted by Gasteiger charge is 2.30. The Balaban J connectivity index is 2.29. The second kappa shape index (κ2) is 10.5. The van der Waals surface area contributed by atoms with Crippen LogP contribution in [0.4, 0.5) is 5.69 Å². The second-order valence-electron chi connectivity index (χ2n) is 7.34. The topological polar surface area (TPSA) is 84.9 Å². The predicted octanol–water partition coefficient (Wildman–Crippen LogP) is 3.69. The summed E-state index contributed by atoms with van der Waals surface area (Å²) in [6, 6.07) is 11.4. The average Bonchev–Trinajstić information content (AvgIpc) is 2.76. The number of methoxy groups -OCH3 is 2. The van der Waals surface area contributed by atoms with Crippen molar-refractivity contribution in [2.75, 3.05) is 24.8 Å². The maximum absolute atomic E-state index is 13.1. The zero-order chi connectivity index (χ0) is 23.2. The minimum absolute atomic E-state index is 0.307. The van der Waals surface area contributed by atoms with E-state index in [2.05, 4.69) is 5.32 Å². The molecule has 0 radical (unpaired) electrons. The smallest absolute Gasteiger partial charge is 0.244 e. The van der Waals surface area contributed by atoms with E-state index < -0.39 is 16.1 Å². The predicted molar refractivity (Wildman–Crippen MR) is 123 cm³/mol. The number of ether oxygens (including phenoxy) is 2. The highest BCUT2D eigenvalue weighted by atomic mass is 32.2. The molecule has 0 aliphatic heterocycles. The molecule has 0 saturated carbocycles. The van der Waals surface area contributed by atoms with Gasteiger partial charge in [0, 0.05) is 0 Å². The Morgan fingerprint density at radius 3 is 2.13 bits per heavy atom. The fraction of sp³-hybridized carbons (Fsp3) is 0.435. The summed E-state index contributed by atoms with van der Waals surface area (Å²) in [4.78, 5) is 13.1. The van der Waals surface area contributed by atoms with Gasteiger partial charge in [-0.15, -0.1) is 0 Å². The molecule has 2 aromatic rings. The molecule has 0 bridgehead atoms. The molecule has 31 heavy (non-hydrogen) atoms. The molecule has 2 aromatic carbocycles. The van der Waals surface area contributed by atoms with E-state index in [1.54, 1.807) is 39.3 Å². The van der Waals surface area contributed by atoms with Crippen LogP contribution in [-0.4, -0.2) is 40.8 Å². The fourth-order valence-corrected chi connectivity index (χ4v) is 4.65. The number of aryl methyl sites for hydroxylation is 1. The van der Waals surface area contributed by atoms with Gasteiger partial charge in [0.1, 0.15) is 6.04 Å². The molecule has 8 heteroatoms. The van der Waals surface area contributed by atoms with Gasteiger partial charge in [0.25, 0.3) is 0 Å². The number of nitrogens with zero attached hydrogens (tertiary/aromatic N) is 1. The van der Waals surface area contributed by atoms with Crippen molar-refractivity contribution in [2.24, 2.45) is 0 Å². The first-order valence-electron chi connectivity index (χ1n) is 10.3. The van der Waals surface area contributed by atoms with Crippen molar-refractivity contribution in [3.63, 3.8) is 0 Å². The molecular weight excluding hydrogens is 416 g/mol. The van der Waals surface area contributed by atoms with Crippen molar-refractivity contribution in [1.29, 1.82) is 0 Å². The van der Waals surface area contributed by atoms with Gasteiger partial charge in [-0.25, -0.2) is 8.42 Å². The number of carbonyl (C=O) groups is 1. The summed E-state index contributed by atoms with van der Waals surface area (Å²) in [6.07, 6.45) is 2.58. The van der Waals surface area contributed by atoms with Gasteiger partial charge < -0.3 is 14.8 Å². The first-order valence-corrected chi connectivity index (χ1v) is 12.1. The van der Waals surface area contributed by atoms with Gasteiger partial charge in [-0.1, -0.05) is 32.0 Å². The van der Waals surface area contributed by atoms with Crippen LogP contribution in [0.3, 0.4) is 0 Å². The summed E-state index contributed by atoms with van der Waals surface area (Å²) in [7, 11) is -0.559. The largest absolute Gasteiger partial charge is 0.493 e. The summed E-state index contributed by atoms with van der Waals surface area (Å²) >= 11 is 0. The standard InChI is InChI=1S/C23H32N2O5S/c1-7-17-9-12-19(13-10-17)25(31(6,27)28)16(3)23(26)24-20(8-2)18-11-14-21(29-4)22(15-18)30-5/h9-16,20H,7-8H2,1-6H3,(H,24,26). The molecule has 1 N–H and O–H groups in total. The maximum atomic E-state index is 13.1. The normalized spacial score (nSPS) is 13.2. The Morgan fingerprint density at radius 1 is 1.03 bits per heavy atom. The molecule has 2 rings (SSSR count).